The molecule has 1 atom stereocenters. The highest BCUT2D eigenvalue weighted by Gasteiger charge is 2.14. The molecule has 0 aliphatic rings. The summed E-state index contributed by atoms with van der Waals surface area (Å²) in [5.74, 6) is -0.311. The monoisotopic (exact) mass is 183 g/mol. The molecule has 1 heterocycles. The third kappa shape index (κ3) is 2.29. The van der Waals surface area contributed by atoms with Crippen molar-refractivity contribution in [2.75, 3.05) is 7.11 Å². The van der Waals surface area contributed by atoms with Crippen LogP contribution in [-0.4, -0.2) is 22.6 Å². The standard InChI is InChI=1S/C8H13N3O2/c1-11-5-10-4-7(11)6(9)3-8(12)13-2/h4-6H,3,9H2,1-2H3/t6-/m0/s1. The van der Waals surface area contributed by atoms with E-state index in [0.29, 0.717) is 0 Å². The van der Waals surface area contributed by atoms with Crippen LogP contribution in [0.2, 0.25) is 0 Å². The second-order valence-electron chi connectivity index (χ2n) is 2.82. The molecular formula is C8H13N3O2. The van der Waals surface area contributed by atoms with E-state index in [2.05, 4.69) is 9.72 Å². The summed E-state index contributed by atoms with van der Waals surface area (Å²) in [7, 11) is 3.18. The number of rotatable bonds is 3. The predicted octanol–water partition coefficient (Wildman–Crippen LogP) is -0.0170. The zero-order valence-electron chi connectivity index (χ0n) is 7.73. The molecule has 0 radical (unpaired) electrons. The highest BCUT2D eigenvalue weighted by molar-refractivity contribution is 5.70. The van der Waals surface area contributed by atoms with Crippen LogP contribution in [0, 0.1) is 0 Å². The maximum Gasteiger partial charge on any atom is 0.307 e. The van der Waals surface area contributed by atoms with Crippen molar-refractivity contribution >= 4 is 5.97 Å². The minimum atomic E-state index is -0.347. The first-order valence-electron chi connectivity index (χ1n) is 3.93. The zero-order chi connectivity index (χ0) is 9.84. The molecule has 2 N–H and O–H groups in total. The lowest BCUT2D eigenvalue weighted by atomic mass is 10.1. The molecule has 1 aromatic heterocycles. The molecule has 0 bridgehead atoms. The normalized spacial score (nSPS) is 12.5. The van der Waals surface area contributed by atoms with Gasteiger partial charge in [-0.2, -0.15) is 0 Å². The minimum absolute atomic E-state index is 0.177. The molecule has 5 heteroatoms. The van der Waals surface area contributed by atoms with E-state index in [1.807, 2.05) is 7.05 Å². The van der Waals surface area contributed by atoms with Crippen molar-refractivity contribution in [1.29, 1.82) is 0 Å². The molecule has 0 amide bonds. The molecule has 0 aromatic carbocycles. The summed E-state index contributed by atoms with van der Waals surface area (Å²) in [6.45, 7) is 0. The predicted molar refractivity (Wildman–Crippen MR) is 46.8 cm³/mol. The fourth-order valence-corrected chi connectivity index (χ4v) is 1.09. The smallest absolute Gasteiger partial charge is 0.307 e. The minimum Gasteiger partial charge on any atom is -0.469 e. The fraction of sp³-hybridized carbons (Fsp3) is 0.500. The van der Waals surface area contributed by atoms with Crippen LogP contribution in [0.3, 0.4) is 0 Å². The van der Waals surface area contributed by atoms with Gasteiger partial charge in [0, 0.05) is 13.2 Å². The molecule has 5 nitrogen and oxygen atoms in total. The number of carbonyl (C=O) groups is 1. The number of aryl methyl sites for hydroxylation is 1. The number of aromatic nitrogens is 2. The van der Waals surface area contributed by atoms with Crippen LogP contribution in [0.1, 0.15) is 18.2 Å². The van der Waals surface area contributed by atoms with Gasteiger partial charge in [-0.3, -0.25) is 4.79 Å². The second kappa shape index (κ2) is 4.04. The Morgan fingerprint density at radius 2 is 2.54 bits per heavy atom. The number of hydrogen-bond acceptors (Lipinski definition) is 4. The van der Waals surface area contributed by atoms with Gasteiger partial charge in [0.15, 0.2) is 0 Å². The largest absolute Gasteiger partial charge is 0.469 e. The van der Waals surface area contributed by atoms with Crippen molar-refractivity contribution < 1.29 is 9.53 Å². The SMILES string of the molecule is COC(=O)C[C@H](N)c1cncn1C. The van der Waals surface area contributed by atoms with Gasteiger partial charge in [0.05, 0.1) is 31.6 Å². The van der Waals surface area contributed by atoms with Crippen molar-refractivity contribution in [3.8, 4) is 0 Å². The van der Waals surface area contributed by atoms with Gasteiger partial charge >= 0.3 is 5.97 Å². The van der Waals surface area contributed by atoms with Gasteiger partial charge < -0.3 is 15.0 Å². The van der Waals surface area contributed by atoms with Crippen molar-refractivity contribution in [1.82, 2.24) is 9.55 Å². The van der Waals surface area contributed by atoms with Crippen LogP contribution in [0.25, 0.3) is 0 Å². The van der Waals surface area contributed by atoms with Gasteiger partial charge in [0.1, 0.15) is 0 Å². The number of ether oxygens (including phenoxy) is 1. The molecule has 0 saturated carbocycles. The van der Waals surface area contributed by atoms with E-state index in [9.17, 15) is 4.79 Å². The molecule has 0 aliphatic carbocycles. The molecular weight excluding hydrogens is 170 g/mol. The topological polar surface area (TPSA) is 70.1 Å². The first-order chi connectivity index (χ1) is 6.15. The molecule has 0 aliphatic heterocycles. The van der Waals surface area contributed by atoms with Crippen LogP contribution in [0.15, 0.2) is 12.5 Å². The summed E-state index contributed by atoms with van der Waals surface area (Å²) in [5, 5.41) is 0. The van der Waals surface area contributed by atoms with Crippen LogP contribution in [0.4, 0.5) is 0 Å². The number of methoxy groups -OCH3 is 1. The Bertz CT molecular complexity index is 295. The van der Waals surface area contributed by atoms with E-state index >= 15 is 0 Å². The second-order valence-corrected chi connectivity index (χ2v) is 2.82. The van der Waals surface area contributed by atoms with Crippen LogP contribution >= 0.6 is 0 Å². The lowest BCUT2D eigenvalue weighted by molar-refractivity contribution is -0.141. The quantitative estimate of drug-likeness (QED) is 0.669. The number of nitrogens with zero attached hydrogens (tertiary/aromatic N) is 2. The Balaban J connectivity index is 2.63. The molecule has 13 heavy (non-hydrogen) atoms. The van der Waals surface area contributed by atoms with Crippen molar-refractivity contribution in [3.05, 3.63) is 18.2 Å². The van der Waals surface area contributed by atoms with Gasteiger partial charge in [0.2, 0.25) is 0 Å². The number of nitrogens with two attached hydrogens (primary N) is 1. The number of hydrogen-bond donors (Lipinski definition) is 1. The molecule has 1 aromatic rings. The van der Waals surface area contributed by atoms with Gasteiger partial charge in [-0.05, 0) is 0 Å². The summed E-state index contributed by atoms with van der Waals surface area (Å²) in [6.07, 6.45) is 3.47. The highest BCUT2D eigenvalue weighted by Crippen LogP contribution is 2.12. The Morgan fingerprint density at radius 3 is 3.00 bits per heavy atom. The Kier molecular flexibility index (Phi) is 3.02. The number of carbonyl (C=O) groups excluding carboxylic acids is 1. The molecule has 0 spiro atoms. The maximum absolute atomic E-state index is 10.9. The fourth-order valence-electron chi connectivity index (χ4n) is 1.09. The van der Waals surface area contributed by atoms with Crippen LogP contribution in [-0.2, 0) is 16.6 Å². The lowest BCUT2D eigenvalue weighted by Crippen LogP contribution is -2.18. The average Bonchev–Trinajstić information content (AvgIpc) is 2.51. The summed E-state index contributed by atoms with van der Waals surface area (Å²) in [6, 6.07) is -0.347. The summed E-state index contributed by atoms with van der Waals surface area (Å²) < 4.78 is 6.30. The van der Waals surface area contributed by atoms with E-state index in [-0.39, 0.29) is 18.4 Å². The van der Waals surface area contributed by atoms with Gasteiger partial charge in [0.25, 0.3) is 0 Å². The van der Waals surface area contributed by atoms with E-state index in [1.54, 1.807) is 17.1 Å². The van der Waals surface area contributed by atoms with Crippen LogP contribution in [0.5, 0.6) is 0 Å². The molecule has 0 unspecified atom stereocenters. The van der Waals surface area contributed by atoms with E-state index in [1.165, 1.54) is 7.11 Å². The van der Waals surface area contributed by atoms with Gasteiger partial charge in [-0.15, -0.1) is 0 Å². The Morgan fingerprint density at radius 1 is 1.85 bits per heavy atom. The lowest BCUT2D eigenvalue weighted by Gasteiger charge is -2.09. The first-order valence-corrected chi connectivity index (χ1v) is 3.93. The maximum atomic E-state index is 10.9. The van der Waals surface area contributed by atoms with E-state index in [0.717, 1.165) is 5.69 Å². The van der Waals surface area contributed by atoms with E-state index in [4.69, 9.17) is 5.73 Å². The van der Waals surface area contributed by atoms with Crippen LogP contribution < -0.4 is 5.73 Å². The molecule has 0 fully saturated rings. The van der Waals surface area contributed by atoms with E-state index < -0.39 is 0 Å². The number of imidazole rings is 1. The number of esters is 1. The summed E-state index contributed by atoms with van der Waals surface area (Å²) in [5.41, 5.74) is 6.58. The highest BCUT2D eigenvalue weighted by atomic mass is 16.5. The Labute approximate surface area is 76.5 Å². The molecule has 72 valence electrons. The average molecular weight is 183 g/mol. The zero-order valence-corrected chi connectivity index (χ0v) is 7.73. The summed E-state index contributed by atoms with van der Waals surface area (Å²) in [4.78, 5) is 14.8. The third-order valence-corrected chi connectivity index (χ3v) is 1.85. The van der Waals surface area contributed by atoms with Crippen molar-refractivity contribution in [2.45, 2.75) is 12.5 Å². The molecule has 1 rings (SSSR count). The van der Waals surface area contributed by atoms with Gasteiger partial charge in [-0.1, -0.05) is 0 Å². The van der Waals surface area contributed by atoms with Crippen molar-refractivity contribution in [3.63, 3.8) is 0 Å². The summed E-state index contributed by atoms with van der Waals surface area (Å²) >= 11 is 0. The molecule has 0 saturated heterocycles. The Hall–Kier alpha value is -1.36. The third-order valence-electron chi connectivity index (χ3n) is 1.85. The van der Waals surface area contributed by atoms with Gasteiger partial charge in [-0.25, -0.2) is 4.98 Å². The first kappa shape index (κ1) is 9.73. The van der Waals surface area contributed by atoms with Crippen molar-refractivity contribution in [2.24, 2.45) is 12.8 Å².